The van der Waals surface area contributed by atoms with Crippen molar-refractivity contribution in [3.05, 3.63) is 59.9 Å². The van der Waals surface area contributed by atoms with Crippen molar-refractivity contribution in [2.24, 2.45) is 5.92 Å². The highest BCUT2D eigenvalue weighted by Crippen LogP contribution is 2.43. The Morgan fingerprint density at radius 2 is 1.76 bits per heavy atom. The highest BCUT2D eigenvalue weighted by molar-refractivity contribution is 8.00. The Balaban J connectivity index is 1.62. The second kappa shape index (κ2) is 9.17. The van der Waals surface area contributed by atoms with Crippen LogP contribution >= 0.6 is 11.8 Å². The molecule has 2 aromatic carbocycles. The molecule has 1 heterocycles. The summed E-state index contributed by atoms with van der Waals surface area (Å²) in [7, 11) is 0. The number of amides is 1. The van der Waals surface area contributed by atoms with Crippen LogP contribution < -0.4 is 5.32 Å². The quantitative estimate of drug-likeness (QED) is 0.325. The molecule has 4 rings (SSSR count). The first-order valence-corrected chi connectivity index (χ1v) is 11.4. The topological polar surface area (TPSA) is 59.8 Å². The number of anilines is 1. The van der Waals surface area contributed by atoms with Gasteiger partial charge in [-0.2, -0.15) is 13.2 Å². The molecule has 0 bridgehead atoms. The van der Waals surface area contributed by atoms with Gasteiger partial charge < -0.3 is 5.32 Å². The summed E-state index contributed by atoms with van der Waals surface area (Å²) in [5, 5.41) is 10.5. The van der Waals surface area contributed by atoms with Crippen molar-refractivity contribution in [3.8, 4) is 11.4 Å². The minimum absolute atomic E-state index is 0.0962. The molecular formula is C23H22F4N4OS. The average molecular weight is 479 g/mol. The zero-order chi connectivity index (χ0) is 23.8. The van der Waals surface area contributed by atoms with E-state index in [1.54, 1.807) is 18.2 Å². The van der Waals surface area contributed by atoms with Crippen LogP contribution in [0.1, 0.15) is 38.3 Å². The number of thioether (sulfide) groups is 1. The van der Waals surface area contributed by atoms with Crippen LogP contribution in [0.3, 0.4) is 0 Å². The molecule has 1 aliphatic carbocycles. The molecule has 3 aromatic rings. The molecule has 1 aliphatic rings. The zero-order valence-electron chi connectivity index (χ0n) is 17.9. The summed E-state index contributed by atoms with van der Waals surface area (Å²) >= 11 is 1.13. The summed E-state index contributed by atoms with van der Waals surface area (Å²) in [5.74, 6) is -0.826. The number of alkyl halides is 3. The number of nitrogens with zero attached hydrogens (tertiary/aromatic N) is 3. The summed E-state index contributed by atoms with van der Waals surface area (Å²) in [6.07, 6.45) is -2.83. The van der Waals surface area contributed by atoms with Crippen LogP contribution in [0.4, 0.5) is 23.2 Å². The minimum Gasteiger partial charge on any atom is -0.325 e. The van der Waals surface area contributed by atoms with Gasteiger partial charge >= 0.3 is 6.18 Å². The molecule has 0 saturated heterocycles. The fourth-order valence-electron chi connectivity index (χ4n) is 3.49. The van der Waals surface area contributed by atoms with E-state index in [1.165, 1.54) is 24.3 Å². The summed E-state index contributed by atoms with van der Waals surface area (Å²) in [5.41, 5.74) is -0.890. The van der Waals surface area contributed by atoms with Gasteiger partial charge in [0, 0.05) is 6.04 Å². The number of carbonyl (C=O) groups excluding carboxylic acids is 1. The average Bonchev–Trinajstić information content (AvgIpc) is 3.51. The highest BCUT2D eigenvalue weighted by atomic mass is 32.2. The highest BCUT2D eigenvalue weighted by Gasteiger charge is 2.36. The van der Waals surface area contributed by atoms with Gasteiger partial charge in [-0.25, -0.2) is 4.39 Å². The maximum Gasteiger partial charge on any atom is 0.418 e. The first kappa shape index (κ1) is 23.3. The van der Waals surface area contributed by atoms with E-state index in [9.17, 15) is 22.4 Å². The molecule has 174 valence electrons. The number of para-hydroxylation sites is 1. The van der Waals surface area contributed by atoms with Crippen molar-refractivity contribution in [2.45, 2.75) is 49.3 Å². The van der Waals surface area contributed by atoms with Gasteiger partial charge in [-0.15, -0.1) is 10.2 Å². The summed E-state index contributed by atoms with van der Waals surface area (Å²) in [6.45, 7) is 3.62. The van der Waals surface area contributed by atoms with Gasteiger partial charge in [-0.1, -0.05) is 49.9 Å². The van der Waals surface area contributed by atoms with E-state index >= 15 is 0 Å². The smallest absolute Gasteiger partial charge is 0.325 e. The molecule has 1 N–H and O–H groups in total. The third kappa shape index (κ3) is 5.05. The minimum atomic E-state index is -4.59. The number of halogens is 4. The lowest BCUT2D eigenvalue weighted by atomic mass is 10.1. The zero-order valence-corrected chi connectivity index (χ0v) is 18.8. The number of rotatable bonds is 7. The third-order valence-corrected chi connectivity index (χ3v) is 6.78. The van der Waals surface area contributed by atoms with Crippen LogP contribution in [-0.4, -0.2) is 25.9 Å². The molecule has 1 aromatic heterocycles. The summed E-state index contributed by atoms with van der Waals surface area (Å²) in [4.78, 5) is 13.0. The van der Waals surface area contributed by atoms with E-state index in [4.69, 9.17) is 0 Å². The molecule has 0 spiro atoms. The van der Waals surface area contributed by atoms with Crippen molar-refractivity contribution < 1.29 is 22.4 Å². The second-order valence-corrected chi connectivity index (χ2v) is 9.31. The lowest BCUT2D eigenvalue weighted by molar-refractivity contribution is -0.137. The Kier molecular flexibility index (Phi) is 6.47. The predicted octanol–water partition coefficient (Wildman–Crippen LogP) is 6.19. The Hall–Kier alpha value is -2.88. The van der Waals surface area contributed by atoms with Crippen molar-refractivity contribution in [2.75, 3.05) is 5.32 Å². The third-order valence-electron chi connectivity index (χ3n) is 5.28. The number of carbonyl (C=O) groups is 1. The maximum atomic E-state index is 14.4. The fraction of sp³-hybridized carbons (Fsp3) is 0.348. The molecule has 0 radical (unpaired) electrons. The summed E-state index contributed by atoms with van der Waals surface area (Å²) < 4.78 is 56.3. The normalized spacial score (nSPS) is 15.0. The molecule has 1 amide bonds. The first-order valence-electron chi connectivity index (χ1n) is 10.5. The van der Waals surface area contributed by atoms with Gasteiger partial charge in [0.1, 0.15) is 5.82 Å². The number of nitrogens with one attached hydrogen (secondary N) is 1. The van der Waals surface area contributed by atoms with Gasteiger partial charge in [-0.3, -0.25) is 9.36 Å². The molecule has 1 unspecified atom stereocenters. The molecular weight excluding hydrogens is 456 g/mol. The van der Waals surface area contributed by atoms with Crippen molar-refractivity contribution in [1.82, 2.24) is 14.8 Å². The van der Waals surface area contributed by atoms with Gasteiger partial charge in [-0.05, 0) is 43.0 Å². The fourth-order valence-corrected chi connectivity index (χ4v) is 4.60. The number of hydrogen-bond acceptors (Lipinski definition) is 4. The first-order chi connectivity index (χ1) is 15.7. The Labute approximate surface area is 192 Å². The Morgan fingerprint density at radius 3 is 2.39 bits per heavy atom. The van der Waals surface area contributed by atoms with Crippen LogP contribution in [0.25, 0.3) is 11.4 Å². The molecule has 0 aliphatic heterocycles. The summed E-state index contributed by atoms with van der Waals surface area (Å²) in [6, 6.07) is 11.2. The molecule has 5 nitrogen and oxygen atoms in total. The van der Waals surface area contributed by atoms with E-state index in [0.29, 0.717) is 16.5 Å². The van der Waals surface area contributed by atoms with E-state index in [1.807, 2.05) is 18.4 Å². The standard InChI is InChI=1S/C23H22F4N4OS/c1-13(2)19(21(32)28-18-10-6-4-8-16(18)23(25,26)27)33-22-30-29-20(31(22)14-11-12-14)15-7-3-5-9-17(15)24/h3-10,13-14,19H,11-12H2,1-2H3,(H,28,32). The monoisotopic (exact) mass is 478 g/mol. The number of hydrogen-bond donors (Lipinski definition) is 1. The SMILES string of the molecule is CC(C)C(Sc1nnc(-c2ccccc2F)n1C1CC1)C(=O)Nc1ccccc1C(F)(F)F. The molecule has 1 saturated carbocycles. The lowest BCUT2D eigenvalue weighted by Gasteiger charge is -2.21. The van der Waals surface area contributed by atoms with E-state index in [0.717, 1.165) is 30.7 Å². The maximum absolute atomic E-state index is 14.4. The van der Waals surface area contributed by atoms with Crippen molar-refractivity contribution in [1.29, 1.82) is 0 Å². The number of benzene rings is 2. The van der Waals surface area contributed by atoms with Crippen LogP contribution in [0.15, 0.2) is 53.7 Å². The Bertz CT molecular complexity index is 1160. The van der Waals surface area contributed by atoms with Crippen LogP contribution in [0.2, 0.25) is 0 Å². The predicted molar refractivity (Wildman–Crippen MR) is 118 cm³/mol. The van der Waals surface area contributed by atoms with Gasteiger partial charge in [0.2, 0.25) is 5.91 Å². The van der Waals surface area contributed by atoms with Crippen LogP contribution in [0.5, 0.6) is 0 Å². The lowest BCUT2D eigenvalue weighted by Crippen LogP contribution is -2.30. The molecule has 1 fully saturated rings. The van der Waals surface area contributed by atoms with Crippen LogP contribution in [-0.2, 0) is 11.0 Å². The molecule has 33 heavy (non-hydrogen) atoms. The van der Waals surface area contributed by atoms with E-state index in [-0.39, 0.29) is 17.6 Å². The van der Waals surface area contributed by atoms with Gasteiger partial charge in [0.05, 0.1) is 22.1 Å². The number of aromatic nitrogens is 3. The van der Waals surface area contributed by atoms with Crippen molar-refractivity contribution >= 4 is 23.4 Å². The second-order valence-electron chi connectivity index (χ2n) is 8.20. The van der Waals surface area contributed by atoms with E-state index < -0.39 is 28.7 Å². The van der Waals surface area contributed by atoms with Gasteiger partial charge in [0.25, 0.3) is 0 Å². The Morgan fingerprint density at radius 1 is 1.09 bits per heavy atom. The molecule has 1 atom stereocenters. The molecule has 10 heteroatoms. The van der Waals surface area contributed by atoms with Crippen molar-refractivity contribution in [3.63, 3.8) is 0 Å². The largest absolute Gasteiger partial charge is 0.418 e. The van der Waals surface area contributed by atoms with Gasteiger partial charge in [0.15, 0.2) is 11.0 Å². The van der Waals surface area contributed by atoms with E-state index in [2.05, 4.69) is 15.5 Å². The van der Waals surface area contributed by atoms with Crippen LogP contribution in [0, 0.1) is 11.7 Å².